The fourth-order valence-electron chi connectivity index (χ4n) is 3.05. The molecule has 17 heavy (non-hydrogen) atoms. The van der Waals surface area contributed by atoms with E-state index < -0.39 is 0 Å². The summed E-state index contributed by atoms with van der Waals surface area (Å²) in [6.45, 7) is 6.11. The van der Waals surface area contributed by atoms with E-state index in [1.807, 2.05) is 0 Å². The van der Waals surface area contributed by atoms with Crippen LogP contribution in [0.4, 0.5) is 0 Å². The van der Waals surface area contributed by atoms with Crippen molar-refractivity contribution in [3.05, 3.63) is 0 Å². The SMILES string of the molecule is CCNC(CC1CCOCC1)C1CCCCO1. The first-order valence-corrected chi connectivity index (χ1v) is 7.33. The van der Waals surface area contributed by atoms with Crippen LogP contribution in [0.5, 0.6) is 0 Å². The fraction of sp³-hybridized carbons (Fsp3) is 1.00. The van der Waals surface area contributed by atoms with Crippen LogP contribution >= 0.6 is 0 Å². The summed E-state index contributed by atoms with van der Waals surface area (Å²) >= 11 is 0. The molecule has 3 nitrogen and oxygen atoms in total. The van der Waals surface area contributed by atoms with Crippen molar-refractivity contribution in [2.45, 2.75) is 57.6 Å². The van der Waals surface area contributed by atoms with Gasteiger partial charge in [0.2, 0.25) is 0 Å². The van der Waals surface area contributed by atoms with Crippen LogP contribution < -0.4 is 5.32 Å². The van der Waals surface area contributed by atoms with Gasteiger partial charge in [0, 0.05) is 25.9 Å². The third-order valence-corrected chi connectivity index (χ3v) is 4.06. The zero-order chi connectivity index (χ0) is 11.9. The summed E-state index contributed by atoms with van der Waals surface area (Å²) in [5, 5.41) is 3.63. The van der Waals surface area contributed by atoms with Crippen molar-refractivity contribution in [3.63, 3.8) is 0 Å². The number of hydrogen-bond acceptors (Lipinski definition) is 3. The molecule has 1 N–H and O–H groups in total. The molecule has 0 aromatic carbocycles. The van der Waals surface area contributed by atoms with Crippen LogP contribution in [0.15, 0.2) is 0 Å². The molecule has 2 saturated heterocycles. The summed E-state index contributed by atoms with van der Waals surface area (Å²) in [5.74, 6) is 0.832. The van der Waals surface area contributed by atoms with E-state index in [9.17, 15) is 0 Å². The standard InChI is InChI=1S/C14H27NO2/c1-2-15-13(14-5-3-4-8-17-14)11-12-6-9-16-10-7-12/h12-15H,2-11H2,1H3. The fourth-order valence-corrected chi connectivity index (χ4v) is 3.05. The Kier molecular flexibility index (Phi) is 5.75. The predicted octanol–water partition coefficient (Wildman–Crippen LogP) is 2.35. The Hall–Kier alpha value is -0.120. The highest BCUT2D eigenvalue weighted by atomic mass is 16.5. The van der Waals surface area contributed by atoms with Gasteiger partial charge >= 0.3 is 0 Å². The molecule has 0 amide bonds. The van der Waals surface area contributed by atoms with Gasteiger partial charge in [0.1, 0.15) is 0 Å². The lowest BCUT2D eigenvalue weighted by atomic mass is 9.88. The minimum atomic E-state index is 0.451. The number of nitrogens with one attached hydrogen (secondary N) is 1. The van der Waals surface area contributed by atoms with Crippen molar-refractivity contribution in [1.82, 2.24) is 5.32 Å². The van der Waals surface area contributed by atoms with Crippen LogP contribution in [0, 0.1) is 5.92 Å². The molecule has 2 fully saturated rings. The highest BCUT2D eigenvalue weighted by Crippen LogP contribution is 2.25. The van der Waals surface area contributed by atoms with Gasteiger partial charge in [-0.1, -0.05) is 6.92 Å². The Morgan fingerprint density at radius 1 is 1.12 bits per heavy atom. The first-order chi connectivity index (χ1) is 8.40. The summed E-state index contributed by atoms with van der Waals surface area (Å²) in [6.07, 6.45) is 7.99. The topological polar surface area (TPSA) is 30.5 Å². The highest BCUT2D eigenvalue weighted by Gasteiger charge is 2.27. The molecule has 0 bridgehead atoms. The largest absolute Gasteiger partial charge is 0.381 e. The van der Waals surface area contributed by atoms with Gasteiger partial charge in [0.25, 0.3) is 0 Å². The molecule has 3 heteroatoms. The molecule has 2 rings (SSSR count). The maximum Gasteiger partial charge on any atom is 0.0728 e. The molecule has 0 aromatic rings. The van der Waals surface area contributed by atoms with E-state index in [1.165, 1.54) is 38.5 Å². The smallest absolute Gasteiger partial charge is 0.0728 e. The molecule has 100 valence electrons. The number of ether oxygens (including phenoxy) is 2. The lowest BCUT2D eigenvalue weighted by Crippen LogP contribution is -2.44. The van der Waals surface area contributed by atoms with E-state index in [4.69, 9.17) is 9.47 Å². The van der Waals surface area contributed by atoms with Crippen LogP contribution in [-0.2, 0) is 9.47 Å². The molecular weight excluding hydrogens is 214 g/mol. The first-order valence-electron chi connectivity index (χ1n) is 7.33. The van der Waals surface area contributed by atoms with Crippen molar-refractivity contribution >= 4 is 0 Å². The van der Waals surface area contributed by atoms with Crippen molar-refractivity contribution in [2.24, 2.45) is 5.92 Å². The van der Waals surface area contributed by atoms with Crippen molar-refractivity contribution in [1.29, 1.82) is 0 Å². The molecule has 0 spiro atoms. The van der Waals surface area contributed by atoms with Crippen molar-refractivity contribution in [2.75, 3.05) is 26.4 Å². The quantitative estimate of drug-likeness (QED) is 0.801. The van der Waals surface area contributed by atoms with E-state index in [0.717, 1.165) is 32.3 Å². The second-order valence-corrected chi connectivity index (χ2v) is 5.36. The van der Waals surface area contributed by atoms with Crippen LogP contribution in [-0.4, -0.2) is 38.5 Å². The summed E-state index contributed by atoms with van der Waals surface area (Å²) in [7, 11) is 0. The van der Waals surface area contributed by atoms with E-state index >= 15 is 0 Å². The number of hydrogen-bond donors (Lipinski definition) is 1. The molecule has 0 radical (unpaired) electrons. The summed E-state index contributed by atoms with van der Waals surface area (Å²) in [5.41, 5.74) is 0. The number of rotatable bonds is 5. The normalized spacial score (nSPS) is 29.1. The molecule has 0 saturated carbocycles. The van der Waals surface area contributed by atoms with Gasteiger partial charge in [0.05, 0.1) is 6.10 Å². The maximum absolute atomic E-state index is 5.94. The molecule has 2 aliphatic heterocycles. The third kappa shape index (κ3) is 4.23. The highest BCUT2D eigenvalue weighted by molar-refractivity contribution is 4.82. The zero-order valence-corrected chi connectivity index (χ0v) is 11.1. The van der Waals surface area contributed by atoms with Gasteiger partial charge in [0.15, 0.2) is 0 Å². The Morgan fingerprint density at radius 2 is 1.94 bits per heavy atom. The Labute approximate surface area is 105 Å². The first kappa shape index (κ1) is 13.3. The molecule has 2 unspecified atom stereocenters. The number of likely N-dealkylation sites (N-methyl/N-ethyl adjacent to an activating group) is 1. The average molecular weight is 241 g/mol. The monoisotopic (exact) mass is 241 g/mol. The minimum Gasteiger partial charge on any atom is -0.381 e. The molecular formula is C14H27NO2. The van der Waals surface area contributed by atoms with E-state index in [1.54, 1.807) is 0 Å². The van der Waals surface area contributed by atoms with Crippen LogP contribution in [0.1, 0.15) is 45.4 Å². The van der Waals surface area contributed by atoms with Gasteiger partial charge in [-0.05, 0) is 51.0 Å². The molecule has 2 heterocycles. The predicted molar refractivity (Wildman–Crippen MR) is 69.2 cm³/mol. The Morgan fingerprint density at radius 3 is 2.59 bits per heavy atom. The van der Waals surface area contributed by atoms with Crippen LogP contribution in [0.2, 0.25) is 0 Å². The molecule has 2 aliphatic rings. The van der Waals surface area contributed by atoms with Crippen molar-refractivity contribution in [3.8, 4) is 0 Å². The average Bonchev–Trinajstić information content (AvgIpc) is 2.40. The van der Waals surface area contributed by atoms with Gasteiger partial charge in [-0.3, -0.25) is 0 Å². The Balaban J connectivity index is 1.81. The van der Waals surface area contributed by atoms with Gasteiger partial charge in [-0.25, -0.2) is 0 Å². The molecule has 2 atom stereocenters. The van der Waals surface area contributed by atoms with Gasteiger partial charge in [-0.15, -0.1) is 0 Å². The lowest BCUT2D eigenvalue weighted by molar-refractivity contribution is -0.0184. The minimum absolute atomic E-state index is 0.451. The molecule has 0 aliphatic carbocycles. The second-order valence-electron chi connectivity index (χ2n) is 5.36. The maximum atomic E-state index is 5.94. The van der Waals surface area contributed by atoms with Gasteiger partial charge in [-0.2, -0.15) is 0 Å². The van der Waals surface area contributed by atoms with Crippen molar-refractivity contribution < 1.29 is 9.47 Å². The lowest BCUT2D eigenvalue weighted by Gasteiger charge is -2.34. The second kappa shape index (κ2) is 7.34. The summed E-state index contributed by atoms with van der Waals surface area (Å²) in [6, 6.07) is 0.559. The summed E-state index contributed by atoms with van der Waals surface area (Å²) < 4.78 is 11.4. The van der Waals surface area contributed by atoms with Gasteiger partial charge < -0.3 is 14.8 Å². The van der Waals surface area contributed by atoms with Crippen LogP contribution in [0.3, 0.4) is 0 Å². The summed E-state index contributed by atoms with van der Waals surface area (Å²) in [4.78, 5) is 0. The third-order valence-electron chi connectivity index (χ3n) is 4.06. The van der Waals surface area contributed by atoms with E-state index in [0.29, 0.717) is 12.1 Å². The van der Waals surface area contributed by atoms with Crippen LogP contribution in [0.25, 0.3) is 0 Å². The van der Waals surface area contributed by atoms with E-state index in [-0.39, 0.29) is 0 Å². The zero-order valence-electron chi connectivity index (χ0n) is 11.1. The Bertz CT molecular complexity index is 198. The van der Waals surface area contributed by atoms with E-state index in [2.05, 4.69) is 12.2 Å². The molecule has 0 aromatic heterocycles.